The Bertz CT molecular complexity index is 450. The van der Waals surface area contributed by atoms with E-state index >= 15 is 0 Å². The van der Waals surface area contributed by atoms with Crippen molar-refractivity contribution < 1.29 is 0 Å². The molecule has 2 aromatic rings. The number of hydrogen-bond acceptors (Lipinski definition) is 1. The fourth-order valence-electron chi connectivity index (χ4n) is 2.27. The highest BCUT2D eigenvalue weighted by atomic mass is 14.9. The van der Waals surface area contributed by atoms with Crippen molar-refractivity contribution in [2.45, 2.75) is 32.4 Å². The van der Waals surface area contributed by atoms with Crippen LogP contribution >= 0.6 is 0 Å². The van der Waals surface area contributed by atoms with Crippen LogP contribution in [0.5, 0.6) is 0 Å². The van der Waals surface area contributed by atoms with E-state index in [-0.39, 0.29) is 0 Å². The molecule has 2 aromatic carbocycles. The molecule has 0 saturated carbocycles. The zero-order valence-electron chi connectivity index (χ0n) is 11.1. The third-order valence-corrected chi connectivity index (χ3v) is 3.36. The second-order valence-corrected chi connectivity index (χ2v) is 4.67. The molecule has 0 heterocycles. The largest absolute Gasteiger partial charge is 0.303 e. The van der Waals surface area contributed by atoms with E-state index in [4.69, 9.17) is 0 Å². The lowest BCUT2D eigenvalue weighted by Gasteiger charge is -2.23. The number of benzene rings is 2. The number of rotatable bonds is 5. The van der Waals surface area contributed by atoms with Crippen LogP contribution in [-0.4, -0.2) is 0 Å². The molecule has 1 heteroatoms. The van der Waals surface area contributed by atoms with E-state index in [1.165, 1.54) is 11.1 Å². The van der Waals surface area contributed by atoms with Gasteiger partial charge in [0.25, 0.3) is 0 Å². The smallest absolute Gasteiger partial charge is 0.0323 e. The molecule has 0 fully saturated rings. The Hall–Kier alpha value is -1.60. The first-order chi connectivity index (χ1) is 8.81. The first-order valence-electron chi connectivity index (χ1n) is 6.67. The van der Waals surface area contributed by atoms with Gasteiger partial charge in [0.1, 0.15) is 0 Å². The summed E-state index contributed by atoms with van der Waals surface area (Å²) in [6.45, 7) is 4.45. The Balaban J connectivity index is 2.07. The van der Waals surface area contributed by atoms with Gasteiger partial charge in [0.2, 0.25) is 0 Å². The molecule has 0 saturated heterocycles. The minimum atomic E-state index is 0.372. The highest BCUT2D eigenvalue weighted by Crippen LogP contribution is 2.21. The summed E-state index contributed by atoms with van der Waals surface area (Å²) >= 11 is 0. The average molecular weight is 239 g/mol. The lowest BCUT2D eigenvalue weighted by molar-refractivity contribution is 0.456. The Morgan fingerprint density at radius 2 is 1.33 bits per heavy atom. The Labute approximate surface area is 110 Å². The van der Waals surface area contributed by atoms with Gasteiger partial charge in [0.15, 0.2) is 0 Å². The van der Waals surface area contributed by atoms with E-state index in [9.17, 15) is 0 Å². The van der Waals surface area contributed by atoms with Crippen LogP contribution in [0.15, 0.2) is 60.7 Å². The Kier molecular flexibility index (Phi) is 4.54. The monoisotopic (exact) mass is 239 g/mol. The summed E-state index contributed by atoms with van der Waals surface area (Å²) < 4.78 is 0. The predicted octanol–water partition coefficient (Wildman–Crippen LogP) is 4.49. The number of hydrogen-bond donors (Lipinski definition) is 1. The lowest BCUT2D eigenvalue weighted by Crippen LogP contribution is -2.24. The van der Waals surface area contributed by atoms with Crippen molar-refractivity contribution in [3.05, 3.63) is 71.8 Å². The summed E-state index contributed by atoms with van der Waals surface area (Å²) in [7, 11) is 0. The molecule has 0 amide bonds. The van der Waals surface area contributed by atoms with Crippen LogP contribution in [0.4, 0.5) is 0 Å². The third-order valence-electron chi connectivity index (χ3n) is 3.36. The van der Waals surface area contributed by atoms with Crippen molar-refractivity contribution in [3.63, 3.8) is 0 Å². The van der Waals surface area contributed by atoms with Crippen LogP contribution in [0, 0.1) is 0 Å². The zero-order valence-corrected chi connectivity index (χ0v) is 11.1. The SMILES string of the molecule is CC[C@@H](N[C@H](C)c1ccccc1)c1ccccc1. The van der Waals surface area contributed by atoms with Gasteiger partial charge in [-0.3, -0.25) is 0 Å². The first kappa shape index (κ1) is 12.8. The molecule has 18 heavy (non-hydrogen) atoms. The van der Waals surface area contributed by atoms with Gasteiger partial charge in [-0.1, -0.05) is 67.6 Å². The number of nitrogens with one attached hydrogen (secondary N) is 1. The standard InChI is InChI=1S/C17H21N/c1-3-17(16-12-8-5-9-13-16)18-14(2)15-10-6-4-7-11-15/h4-14,17-18H,3H2,1-2H3/t14-,17-/m1/s1. The van der Waals surface area contributed by atoms with Crippen LogP contribution in [0.1, 0.15) is 43.5 Å². The van der Waals surface area contributed by atoms with E-state index in [1.54, 1.807) is 0 Å². The fraction of sp³-hybridized carbons (Fsp3) is 0.294. The molecular formula is C17H21N. The molecule has 0 aliphatic carbocycles. The summed E-state index contributed by atoms with van der Waals surface area (Å²) in [5, 5.41) is 3.70. The third kappa shape index (κ3) is 3.21. The van der Waals surface area contributed by atoms with Gasteiger partial charge in [-0.05, 0) is 24.5 Å². The van der Waals surface area contributed by atoms with Crippen LogP contribution in [0.25, 0.3) is 0 Å². The maximum atomic E-state index is 3.70. The molecule has 0 radical (unpaired) electrons. The van der Waals surface area contributed by atoms with Crippen LogP contribution in [0.3, 0.4) is 0 Å². The maximum Gasteiger partial charge on any atom is 0.0323 e. The van der Waals surface area contributed by atoms with Crippen molar-refractivity contribution in [2.24, 2.45) is 0 Å². The first-order valence-corrected chi connectivity index (χ1v) is 6.67. The second kappa shape index (κ2) is 6.36. The van der Waals surface area contributed by atoms with Crippen LogP contribution < -0.4 is 5.32 Å². The van der Waals surface area contributed by atoms with Crippen LogP contribution in [0.2, 0.25) is 0 Å². The molecule has 1 nitrogen and oxygen atoms in total. The second-order valence-electron chi connectivity index (χ2n) is 4.67. The van der Waals surface area contributed by atoms with E-state index < -0.39 is 0 Å². The summed E-state index contributed by atoms with van der Waals surface area (Å²) in [4.78, 5) is 0. The van der Waals surface area contributed by atoms with Gasteiger partial charge in [0, 0.05) is 12.1 Å². The molecule has 2 rings (SSSR count). The molecule has 94 valence electrons. The molecule has 0 aliphatic rings. The summed E-state index contributed by atoms with van der Waals surface area (Å²) in [6, 6.07) is 22.1. The van der Waals surface area contributed by atoms with Crippen molar-refractivity contribution in [1.29, 1.82) is 0 Å². The molecule has 2 atom stereocenters. The fourth-order valence-corrected chi connectivity index (χ4v) is 2.27. The van der Waals surface area contributed by atoms with Gasteiger partial charge >= 0.3 is 0 Å². The van der Waals surface area contributed by atoms with Gasteiger partial charge in [-0.25, -0.2) is 0 Å². The van der Waals surface area contributed by atoms with Gasteiger partial charge in [0.05, 0.1) is 0 Å². The van der Waals surface area contributed by atoms with Crippen LogP contribution in [-0.2, 0) is 0 Å². The minimum Gasteiger partial charge on any atom is -0.303 e. The molecule has 0 aromatic heterocycles. The van der Waals surface area contributed by atoms with Crippen molar-refractivity contribution in [1.82, 2.24) is 5.32 Å². The highest BCUT2D eigenvalue weighted by molar-refractivity contribution is 5.22. The summed E-state index contributed by atoms with van der Waals surface area (Å²) in [5.74, 6) is 0. The normalized spacial score (nSPS) is 14.1. The van der Waals surface area contributed by atoms with E-state index in [2.05, 4.69) is 79.8 Å². The summed E-state index contributed by atoms with van der Waals surface area (Å²) in [5.41, 5.74) is 2.70. The van der Waals surface area contributed by atoms with Gasteiger partial charge in [-0.15, -0.1) is 0 Å². The average Bonchev–Trinajstić information content (AvgIpc) is 2.46. The maximum absolute atomic E-state index is 3.70. The molecule has 0 unspecified atom stereocenters. The molecule has 1 N–H and O–H groups in total. The van der Waals surface area contributed by atoms with Gasteiger partial charge in [-0.2, -0.15) is 0 Å². The Morgan fingerprint density at radius 3 is 1.83 bits per heavy atom. The van der Waals surface area contributed by atoms with Crippen molar-refractivity contribution in [2.75, 3.05) is 0 Å². The highest BCUT2D eigenvalue weighted by Gasteiger charge is 2.12. The topological polar surface area (TPSA) is 12.0 Å². The van der Waals surface area contributed by atoms with Crippen molar-refractivity contribution in [3.8, 4) is 0 Å². The van der Waals surface area contributed by atoms with Crippen molar-refractivity contribution >= 4 is 0 Å². The molecule has 0 bridgehead atoms. The van der Waals surface area contributed by atoms with E-state index in [0.717, 1.165) is 6.42 Å². The molecular weight excluding hydrogens is 218 g/mol. The van der Waals surface area contributed by atoms with E-state index in [1.807, 2.05) is 0 Å². The lowest BCUT2D eigenvalue weighted by atomic mass is 10.0. The Morgan fingerprint density at radius 1 is 0.833 bits per heavy atom. The van der Waals surface area contributed by atoms with Gasteiger partial charge < -0.3 is 5.32 Å². The predicted molar refractivity (Wildman–Crippen MR) is 77.5 cm³/mol. The summed E-state index contributed by atoms with van der Waals surface area (Å²) in [6.07, 6.45) is 1.10. The molecule has 0 aliphatic heterocycles. The molecule has 0 spiro atoms. The van der Waals surface area contributed by atoms with E-state index in [0.29, 0.717) is 12.1 Å². The minimum absolute atomic E-state index is 0.372. The zero-order chi connectivity index (χ0) is 12.8. The quantitative estimate of drug-likeness (QED) is 0.810.